The van der Waals surface area contributed by atoms with Crippen LogP contribution in [0.25, 0.3) is 0 Å². The van der Waals surface area contributed by atoms with Gasteiger partial charge in [0.05, 0.1) is 32.3 Å². The quantitative estimate of drug-likeness (QED) is 0.454. The maximum atomic E-state index is 11.1. The SMILES string of the molecule is CC(=O)OCCN(CCOC(C)=O)c1ccc(C(CO)N(CCO)c2ccccc2)cc1. The number of anilines is 2. The first-order valence-corrected chi connectivity index (χ1v) is 10.6. The van der Waals surface area contributed by atoms with Gasteiger partial charge in [0.2, 0.25) is 0 Å². The molecule has 0 aromatic heterocycles. The first-order valence-electron chi connectivity index (χ1n) is 10.6. The zero-order chi connectivity index (χ0) is 23.3. The number of para-hydroxylation sites is 1. The van der Waals surface area contributed by atoms with Crippen LogP contribution >= 0.6 is 0 Å². The molecule has 0 spiro atoms. The summed E-state index contributed by atoms with van der Waals surface area (Å²) in [5, 5.41) is 19.7. The number of carbonyl (C=O) groups excluding carboxylic acids is 2. The summed E-state index contributed by atoms with van der Waals surface area (Å²) in [5.41, 5.74) is 2.68. The van der Waals surface area contributed by atoms with Crippen LogP contribution in [-0.2, 0) is 19.1 Å². The molecule has 8 nitrogen and oxygen atoms in total. The van der Waals surface area contributed by atoms with Crippen molar-refractivity contribution in [2.45, 2.75) is 19.9 Å². The van der Waals surface area contributed by atoms with Crippen molar-refractivity contribution >= 4 is 23.3 Å². The first kappa shape index (κ1) is 25.2. The number of esters is 2. The number of aliphatic hydroxyl groups excluding tert-OH is 2. The second-order valence-corrected chi connectivity index (χ2v) is 7.21. The van der Waals surface area contributed by atoms with Gasteiger partial charge in [-0.1, -0.05) is 30.3 Å². The summed E-state index contributed by atoms with van der Waals surface area (Å²) in [5.74, 6) is -0.702. The smallest absolute Gasteiger partial charge is 0.302 e. The number of ether oxygens (including phenoxy) is 2. The molecule has 0 saturated carbocycles. The minimum absolute atomic E-state index is 0.0381. The van der Waals surface area contributed by atoms with E-state index in [2.05, 4.69) is 0 Å². The van der Waals surface area contributed by atoms with Crippen LogP contribution in [0, 0.1) is 0 Å². The topological polar surface area (TPSA) is 99.5 Å². The monoisotopic (exact) mass is 444 g/mol. The molecule has 0 aliphatic rings. The van der Waals surface area contributed by atoms with Gasteiger partial charge >= 0.3 is 11.9 Å². The highest BCUT2D eigenvalue weighted by Crippen LogP contribution is 2.28. The van der Waals surface area contributed by atoms with Crippen LogP contribution in [-0.4, -0.2) is 68.2 Å². The molecular weight excluding hydrogens is 412 g/mol. The first-order chi connectivity index (χ1) is 15.5. The third-order valence-electron chi connectivity index (χ3n) is 4.95. The molecule has 0 amide bonds. The Labute approximate surface area is 189 Å². The second kappa shape index (κ2) is 13.3. The fourth-order valence-electron chi connectivity index (χ4n) is 3.45. The lowest BCUT2D eigenvalue weighted by atomic mass is 10.0. The molecule has 0 fully saturated rings. The fraction of sp³-hybridized carbons (Fsp3) is 0.417. The van der Waals surface area contributed by atoms with E-state index in [0.717, 1.165) is 16.9 Å². The molecule has 32 heavy (non-hydrogen) atoms. The molecule has 0 saturated heterocycles. The van der Waals surface area contributed by atoms with Crippen molar-refractivity contribution in [3.63, 3.8) is 0 Å². The standard InChI is InChI=1S/C24H32N2O6/c1-19(29)31-16-13-25(14-17-32-20(2)30)22-10-8-21(9-11-22)24(18-28)26(12-15-27)23-6-4-3-5-7-23/h3-11,24,27-28H,12-18H2,1-2H3. The van der Waals surface area contributed by atoms with E-state index < -0.39 is 0 Å². The largest absolute Gasteiger partial charge is 0.464 e. The van der Waals surface area contributed by atoms with Crippen molar-refractivity contribution in [3.8, 4) is 0 Å². The van der Waals surface area contributed by atoms with E-state index in [-0.39, 0.29) is 44.4 Å². The lowest BCUT2D eigenvalue weighted by Crippen LogP contribution is -2.34. The van der Waals surface area contributed by atoms with Crippen molar-refractivity contribution in [1.29, 1.82) is 0 Å². The van der Waals surface area contributed by atoms with Gasteiger partial charge in [-0.2, -0.15) is 0 Å². The van der Waals surface area contributed by atoms with E-state index >= 15 is 0 Å². The minimum atomic E-state index is -0.351. The molecule has 2 aromatic rings. The zero-order valence-corrected chi connectivity index (χ0v) is 18.6. The maximum absolute atomic E-state index is 11.1. The molecule has 2 rings (SSSR count). The fourth-order valence-corrected chi connectivity index (χ4v) is 3.45. The predicted octanol–water partition coefficient (Wildman–Crippen LogP) is 2.15. The lowest BCUT2D eigenvalue weighted by molar-refractivity contribution is -0.141. The summed E-state index contributed by atoms with van der Waals surface area (Å²) in [6, 6.07) is 17.0. The third kappa shape index (κ3) is 7.86. The van der Waals surface area contributed by atoms with Gasteiger partial charge in [-0.3, -0.25) is 9.59 Å². The number of rotatable bonds is 13. The molecule has 1 atom stereocenters. The number of hydrogen-bond donors (Lipinski definition) is 2. The normalized spacial score (nSPS) is 11.5. The highest BCUT2D eigenvalue weighted by Gasteiger charge is 2.20. The van der Waals surface area contributed by atoms with Gasteiger partial charge in [-0.15, -0.1) is 0 Å². The number of carbonyl (C=O) groups is 2. The van der Waals surface area contributed by atoms with Crippen LogP contribution in [0.5, 0.6) is 0 Å². The molecule has 8 heteroatoms. The number of aliphatic hydroxyl groups is 2. The van der Waals surface area contributed by atoms with Crippen molar-refractivity contribution < 1.29 is 29.3 Å². The summed E-state index contributed by atoms with van der Waals surface area (Å²) in [6.07, 6.45) is 0. The zero-order valence-electron chi connectivity index (χ0n) is 18.6. The molecule has 2 N–H and O–H groups in total. The van der Waals surface area contributed by atoms with E-state index in [4.69, 9.17) is 9.47 Å². The van der Waals surface area contributed by atoms with Gasteiger partial charge in [0.25, 0.3) is 0 Å². The molecule has 174 valence electrons. The number of hydrogen-bond acceptors (Lipinski definition) is 8. The highest BCUT2D eigenvalue weighted by atomic mass is 16.5. The third-order valence-corrected chi connectivity index (χ3v) is 4.95. The van der Waals surface area contributed by atoms with Crippen molar-refractivity contribution in [2.75, 3.05) is 55.9 Å². The Bertz CT molecular complexity index is 808. The summed E-state index contributed by atoms with van der Waals surface area (Å²) in [4.78, 5) is 26.1. The summed E-state index contributed by atoms with van der Waals surface area (Å²) >= 11 is 0. The Balaban J connectivity index is 2.19. The Morgan fingerprint density at radius 1 is 0.812 bits per heavy atom. The van der Waals surface area contributed by atoms with Gasteiger partial charge in [-0.05, 0) is 29.8 Å². The van der Waals surface area contributed by atoms with E-state index in [1.807, 2.05) is 64.4 Å². The predicted molar refractivity (Wildman–Crippen MR) is 123 cm³/mol. The van der Waals surface area contributed by atoms with E-state index in [9.17, 15) is 19.8 Å². The lowest BCUT2D eigenvalue weighted by Gasteiger charge is -2.33. The van der Waals surface area contributed by atoms with Gasteiger partial charge in [0.15, 0.2) is 0 Å². The number of benzene rings is 2. The Morgan fingerprint density at radius 3 is 1.84 bits per heavy atom. The van der Waals surface area contributed by atoms with Crippen LogP contribution in [0.3, 0.4) is 0 Å². The average molecular weight is 445 g/mol. The molecule has 2 aromatic carbocycles. The highest BCUT2D eigenvalue weighted by molar-refractivity contribution is 5.66. The van der Waals surface area contributed by atoms with E-state index in [1.54, 1.807) is 0 Å². The Hall–Kier alpha value is -3.10. The van der Waals surface area contributed by atoms with Crippen molar-refractivity contribution in [1.82, 2.24) is 0 Å². The summed E-state index contributed by atoms with van der Waals surface area (Å²) < 4.78 is 10.1. The van der Waals surface area contributed by atoms with Gasteiger partial charge in [0.1, 0.15) is 13.2 Å². The van der Waals surface area contributed by atoms with E-state index in [1.165, 1.54) is 13.8 Å². The average Bonchev–Trinajstić information content (AvgIpc) is 2.78. The second-order valence-electron chi connectivity index (χ2n) is 7.21. The van der Waals surface area contributed by atoms with Gasteiger partial charge in [-0.25, -0.2) is 0 Å². The number of nitrogens with zero attached hydrogens (tertiary/aromatic N) is 2. The molecule has 1 unspecified atom stereocenters. The molecule has 0 radical (unpaired) electrons. The van der Waals surface area contributed by atoms with Crippen LogP contribution in [0.4, 0.5) is 11.4 Å². The molecular formula is C24H32N2O6. The van der Waals surface area contributed by atoms with Crippen LogP contribution in [0.15, 0.2) is 54.6 Å². The molecule has 0 bridgehead atoms. The van der Waals surface area contributed by atoms with Crippen LogP contribution in [0.1, 0.15) is 25.5 Å². The minimum Gasteiger partial charge on any atom is -0.464 e. The van der Waals surface area contributed by atoms with Crippen molar-refractivity contribution in [3.05, 3.63) is 60.2 Å². The molecule has 0 aliphatic heterocycles. The summed E-state index contributed by atoms with van der Waals surface area (Å²) in [7, 11) is 0. The molecule has 0 heterocycles. The molecule has 0 aliphatic carbocycles. The van der Waals surface area contributed by atoms with Crippen LogP contribution < -0.4 is 9.80 Å². The van der Waals surface area contributed by atoms with Crippen molar-refractivity contribution in [2.24, 2.45) is 0 Å². The van der Waals surface area contributed by atoms with Gasteiger partial charge < -0.3 is 29.5 Å². The summed E-state index contributed by atoms with van der Waals surface area (Å²) in [6.45, 7) is 4.28. The van der Waals surface area contributed by atoms with Crippen LogP contribution in [0.2, 0.25) is 0 Å². The van der Waals surface area contributed by atoms with Gasteiger partial charge in [0, 0.05) is 31.8 Å². The van der Waals surface area contributed by atoms with E-state index in [0.29, 0.717) is 19.6 Å². The maximum Gasteiger partial charge on any atom is 0.302 e. The Kier molecular flexibility index (Phi) is 10.5. The Morgan fingerprint density at radius 2 is 1.38 bits per heavy atom.